The molecule has 3 heteroatoms. The summed E-state index contributed by atoms with van der Waals surface area (Å²) >= 11 is 0. The second-order valence-electron chi connectivity index (χ2n) is 6.69. The van der Waals surface area contributed by atoms with Gasteiger partial charge in [0.1, 0.15) is 0 Å². The summed E-state index contributed by atoms with van der Waals surface area (Å²) in [5, 5.41) is 0. The summed E-state index contributed by atoms with van der Waals surface area (Å²) in [6.45, 7) is 2.24. The Labute approximate surface area is 147 Å². The molecule has 2 N–H and O–H groups in total. The highest BCUT2D eigenvalue weighted by Gasteiger charge is 2.26. The molecule has 0 aliphatic rings. The summed E-state index contributed by atoms with van der Waals surface area (Å²) < 4.78 is 0. The monoisotopic (exact) mass is 331 g/mol. The molecule has 3 nitrogen and oxygen atoms in total. The number of hydrogen-bond donors (Lipinski definition) is 1. The Bertz CT molecular complexity index is 458. The van der Waals surface area contributed by atoms with Crippen LogP contribution < -0.4 is 5.73 Å². The van der Waals surface area contributed by atoms with E-state index in [0.717, 1.165) is 24.8 Å². The van der Waals surface area contributed by atoms with Crippen LogP contribution in [0.2, 0.25) is 0 Å². The summed E-state index contributed by atoms with van der Waals surface area (Å²) in [6, 6.07) is 9.13. The van der Waals surface area contributed by atoms with Gasteiger partial charge in [-0.25, -0.2) is 0 Å². The number of benzene rings is 1. The number of aldehydes is 1. The van der Waals surface area contributed by atoms with Crippen molar-refractivity contribution in [3.8, 4) is 0 Å². The molecule has 1 rings (SSSR count). The second kappa shape index (κ2) is 12.9. The molecule has 0 fully saturated rings. The van der Waals surface area contributed by atoms with Gasteiger partial charge in [-0.2, -0.15) is 0 Å². The van der Waals surface area contributed by atoms with E-state index >= 15 is 0 Å². The molecule has 0 saturated heterocycles. The highest BCUT2D eigenvalue weighted by Crippen LogP contribution is 2.23. The number of carbonyl (C=O) groups is 2. The summed E-state index contributed by atoms with van der Waals surface area (Å²) in [5.74, 6) is -0.914. The van der Waals surface area contributed by atoms with Crippen LogP contribution >= 0.6 is 0 Å². The first-order valence-electron chi connectivity index (χ1n) is 9.50. The zero-order valence-corrected chi connectivity index (χ0v) is 15.1. The van der Waals surface area contributed by atoms with Gasteiger partial charge in [-0.3, -0.25) is 9.59 Å². The standard InChI is InChI=1S/C21H33NO2/c1-2-3-4-5-6-7-8-9-13-16-19(22)21(20(24)17-23)18-14-11-10-12-15-18/h10-12,14-15,17,19,21H,2-9,13,16,22H2,1H3. The molecular weight excluding hydrogens is 298 g/mol. The normalized spacial score (nSPS) is 13.4. The number of Topliss-reactive ketones (excluding diaryl/α,β-unsaturated/α-hetero) is 1. The molecule has 134 valence electrons. The van der Waals surface area contributed by atoms with Gasteiger partial charge in [-0.1, -0.05) is 95.0 Å². The van der Waals surface area contributed by atoms with Crippen molar-refractivity contribution in [2.24, 2.45) is 5.73 Å². The molecule has 1 aromatic rings. The first kappa shape index (κ1) is 20.6. The van der Waals surface area contributed by atoms with E-state index in [4.69, 9.17) is 5.73 Å². The lowest BCUT2D eigenvalue weighted by molar-refractivity contribution is -0.131. The molecule has 0 spiro atoms. The van der Waals surface area contributed by atoms with Gasteiger partial charge in [0.15, 0.2) is 6.29 Å². The Morgan fingerprint density at radius 2 is 1.50 bits per heavy atom. The first-order chi connectivity index (χ1) is 11.7. The quantitative estimate of drug-likeness (QED) is 0.303. The number of rotatable bonds is 14. The predicted octanol–water partition coefficient (Wildman–Crippen LogP) is 4.79. The number of unbranched alkanes of at least 4 members (excludes halogenated alkanes) is 8. The van der Waals surface area contributed by atoms with Crippen LogP contribution in [0.4, 0.5) is 0 Å². The lowest BCUT2D eigenvalue weighted by atomic mass is 9.86. The molecule has 1 aromatic carbocycles. The van der Waals surface area contributed by atoms with E-state index in [1.165, 1.54) is 44.9 Å². The smallest absolute Gasteiger partial charge is 0.204 e. The number of carbonyl (C=O) groups excluding carboxylic acids is 2. The van der Waals surface area contributed by atoms with Gasteiger partial charge in [0.2, 0.25) is 5.78 Å². The third-order valence-electron chi connectivity index (χ3n) is 4.65. The Morgan fingerprint density at radius 3 is 2.04 bits per heavy atom. The van der Waals surface area contributed by atoms with E-state index in [2.05, 4.69) is 6.92 Å². The maximum absolute atomic E-state index is 12.0. The van der Waals surface area contributed by atoms with E-state index in [-0.39, 0.29) is 6.04 Å². The molecule has 24 heavy (non-hydrogen) atoms. The molecule has 0 saturated carbocycles. The third kappa shape index (κ3) is 7.87. The molecule has 0 amide bonds. The van der Waals surface area contributed by atoms with Gasteiger partial charge in [-0.15, -0.1) is 0 Å². The van der Waals surface area contributed by atoms with Crippen molar-refractivity contribution in [2.75, 3.05) is 0 Å². The number of hydrogen-bond acceptors (Lipinski definition) is 3. The minimum Gasteiger partial charge on any atom is -0.327 e. The highest BCUT2D eigenvalue weighted by atomic mass is 16.2. The van der Waals surface area contributed by atoms with E-state index in [9.17, 15) is 9.59 Å². The fraction of sp³-hybridized carbons (Fsp3) is 0.619. The Kier molecular flexibility index (Phi) is 11.0. The molecule has 0 aliphatic heterocycles. The number of nitrogens with two attached hydrogens (primary N) is 1. The van der Waals surface area contributed by atoms with Crippen LogP contribution in [0, 0.1) is 0 Å². The average Bonchev–Trinajstić information content (AvgIpc) is 2.61. The molecular formula is C21H33NO2. The Hall–Kier alpha value is -1.48. The second-order valence-corrected chi connectivity index (χ2v) is 6.69. The zero-order valence-electron chi connectivity index (χ0n) is 15.1. The molecule has 0 aliphatic carbocycles. The highest BCUT2D eigenvalue weighted by molar-refractivity contribution is 6.27. The van der Waals surface area contributed by atoms with Gasteiger partial charge >= 0.3 is 0 Å². The van der Waals surface area contributed by atoms with E-state index in [1.54, 1.807) is 0 Å². The van der Waals surface area contributed by atoms with Crippen LogP contribution in [-0.4, -0.2) is 18.1 Å². The van der Waals surface area contributed by atoms with Crippen LogP contribution in [0.3, 0.4) is 0 Å². The summed E-state index contributed by atoms with van der Waals surface area (Å²) in [5.41, 5.74) is 7.09. The fourth-order valence-corrected chi connectivity index (χ4v) is 3.21. The SMILES string of the molecule is CCCCCCCCCCCC(N)C(C(=O)C=O)c1ccccc1. The van der Waals surface area contributed by atoms with Crippen molar-refractivity contribution in [3.63, 3.8) is 0 Å². The van der Waals surface area contributed by atoms with Crippen LogP contribution in [0.5, 0.6) is 0 Å². The third-order valence-corrected chi connectivity index (χ3v) is 4.65. The predicted molar refractivity (Wildman–Crippen MR) is 100 cm³/mol. The van der Waals surface area contributed by atoms with Gasteiger partial charge in [0, 0.05) is 6.04 Å². The lowest BCUT2D eigenvalue weighted by Gasteiger charge is -2.21. The lowest BCUT2D eigenvalue weighted by Crippen LogP contribution is -2.34. The Balaban J connectivity index is 2.29. The molecule has 0 radical (unpaired) electrons. The first-order valence-corrected chi connectivity index (χ1v) is 9.50. The minimum absolute atomic E-state index is 0.283. The zero-order chi connectivity index (χ0) is 17.6. The van der Waals surface area contributed by atoms with Crippen molar-refractivity contribution in [1.82, 2.24) is 0 Å². The van der Waals surface area contributed by atoms with Gasteiger partial charge < -0.3 is 5.73 Å². The van der Waals surface area contributed by atoms with E-state index < -0.39 is 11.7 Å². The van der Waals surface area contributed by atoms with E-state index in [1.807, 2.05) is 30.3 Å². The molecule has 2 unspecified atom stereocenters. The van der Waals surface area contributed by atoms with Crippen LogP contribution in [0.1, 0.15) is 82.6 Å². The maximum atomic E-state index is 12.0. The van der Waals surface area contributed by atoms with Gasteiger partial charge in [0.05, 0.1) is 5.92 Å². The molecule has 0 aromatic heterocycles. The largest absolute Gasteiger partial charge is 0.327 e. The topological polar surface area (TPSA) is 60.2 Å². The fourth-order valence-electron chi connectivity index (χ4n) is 3.21. The Morgan fingerprint density at radius 1 is 0.958 bits per heavy atom. The molecule has 2 atom stereocenters. The average molecular weight is 332 g/mol. The number of ketones is 1. The van der Waals surface area contributed by atoms with Crippen molar-refractivity contribution in [3.05, 3.63) is 35.9 Å². The summed E-state index contributed by atoms with van der Waals surface area (Å²) in [6.07, 6.45) is 12.5. The summed E-state index contributed by atoms with van der Waals surface area (Å²) in [7, 11) is 0. The van der Waals surface area contributed by atoms with E-state index in [0.29, 0.717) is 6.29 Å². The van der Waals surface area contributed by atoms with Crippen LogP contribution in [0.25, 0.3) is 0 Å². The van der Waals surface area contributed by atoms with Crippen LogP contribution in [-0.2, 0) is 9.59 Å². The van der Waals surface area contributed by atoms with Gasteiger partial charge in [0.25, 0.3) is 0 Å². The van der Waals surface area contributed by atoms with Crippen molar-refractivity contribution < 1.29 is 9.59 Å². The minimum atomic E-state index is -0.502. The maximum Gasteiger partial charge on any atom is 0.204 e. The van der Waals surface area contributed by atoms with Gasteiger partial charge in [-0.05, 0) is 12.0 Å². The molecule has 0 heterocycles. The van der Waals surface area contributed by atoms with Crippen molar-refractivity contribution in [2.45, 2.75) is 83.1 Å². The van der Waals surface area contributed by atoms with Crippen molar-refractivity contribution >= 4 is 12.1 Å². The van der Waals surface area contributed by atoms with Crippen LogP contribution in [0.15, 0.2) is 30.3 Å². The molecule has 0 bridgehead atoms. The van der Waals surface area contributed by atoms with Crippen molar-refractivity contribution in [1.29, 1.82) is 0 Å². The summed E-state index contributed by atoms with van der Waals surface area (Å²) in [4.78, 5) is 22.9.